The molecule has 2 N–H and O–H groups in total. The summed E-state index contributed by atoms with van der Waals surface area (Å²) in [4.78, 5) is 25.6. The van der Waals surface area contributed by atoms with Crippen molar-refractivity contribution in [2.45, 2.75) is 39.0 Å². The van der Waals surface area contributed by atoms with E-state index >= 15 is 0 Å². The zero-order valence-corrected chi connectivity index (χ0v) is 11.7. The molecule has 0 aromatic carbocycles. The van der Waals surface area contributed by atoms with Crippen LogP contribution in [0.1, 0.15) is 39.0 Å². The van der Waals surface area contributed by atoms with Crippen molar-refractivity contribution >= 4 is 11.9 Å². The van der Waals surface area contributed by atoms with Gasteiger partial charge in [-0.3, -0.25) is 9.59 Å². The van der Waals surface area contributed by atoms with Crippen LogP contribution in [0.25, 0.3) is 0 Å². The molecule has 2 rings (SSSR count). The second-order valence-electron chi connectivity index (χ2n) is 5.81. The fourth-order valence-electron chi connectivity index (χ4n) is 3.19. The highest BCUT2D eigenvalue weighted by atomic mass is 16.4. The van der Waals surface area contributed by atoms with Gasteiger partial charge in [-0.25, -0.2) is 0 Å². The van der Waals surface area contributed by atoms with Gasteiger partial charge in [0, 0.05) is 19.6 Å². The summed E-state index contributed by atoms with van der Waals surface area (Å²) in [5.41, 5.74) is -0.610. The molecule has 1 amide bonds. The van der Waals surface area contributed by atoms with Gasteiger partial charge in [0.25, 0.3) is 0 Å². The first-order valence-electron chi connectivity index (χ1n) is 7.32. The number of likely N-dealkylation sites (tertiary alicyclic amines) is 1. The van der Waals surface area contributed by atoms with Crippen LogP contribution in [-0.4, -0.2) is 48.1 Å². The fraction of sp³-hybridized carbons (Fsp3) is 0.857. The monoisotopic (exact) mass is 268 g/mol. The molecule has 0 aliphatic carbocycles. The van der Waals surface area contributed by atoms with Gasteiger partial charge in [0.05, 0.1) is 11.3 Å². The van der Waals surface area contributed by atoms with Crippen LogP contribution in [0, 0.1) is 11.3 Å². The first-order valence-corrected chi connectivity index (χ1v) is 7.32. The molecule has 0 aromatic heterocycles. The van der Waals surface area contributed by atoms with Gasteiger partial charge >= 0.3 is 5.97 Å². The second-order valence-corrected chi connectivity index (χ2v) is 5.81. The van der Waals surface area contributed by atoms with E-state index in [1.54, 1.807) is 0 Å². The van der Waals surface area contributed by atoms with Gasteiger partial charge in [-0.1, -0.05) is 6.92 Å². The predicted molar refractivity (Wildman–Crippen MR) is 71.8 cm³/mol. The minimum atomic E-state index is -0.707. The fourth-order valence-corrected chi connectivity index (χ4v) is 3.19. The minimum Gasteiger partial charge on any atom is -0.481 e. The van der Waals surface area contributed by atoms with Crippen molar-refractivity contribution < 1.29 is 14.7 Å². The molecule has 2 saturated heterocycles. The van der Waals surface area contributed by atoms with E-state index in [2.05, 4.69) is 5.32 Å². The molecule has 5 nitrogen and oxygen atoms in total. The molecule has 0 spiro atoms. The number of nitrogens with one attached hydrogen (secondary N) is 1. The van der Waals surface area contributed by atoms with Crippen molar-refractivity contribution in [2.75, 3.05) is 26.2 Å². The van der Waals surface area contributed by atoms with E-state index in [0.717, 1.165) is 25.9 Å². The Hall–Kier alpha value is -1.10. The Balaban J connectivity index is 1.92. The number of carbonyl (C=O) groups excluding carboxylic acids is 1. The van der Waals surface area contributed by atoms with Crippen molar-refractivity contribution in [3.63, 3.8) is 0 Å². The molecule has 1 atom stereocenters. The molecule has 0 radical (unpaired) electrons. The number of nitrogens with zero attached hydrogens (tertiary/aromatic N) is 1. The normalized spacial score (nSPS) is 27.0. The number of piperidine rings is 2. The summed E-state index contributed by atoms with van der Waals surface area (Å²) in [6, 6.07) is 0. The smallest absolute Gasteiger partial charge is 0.309 e. The lowest BCUT2D eigenvalue weighted by Crippen LogP contribution is -2.50. The van der Waals surface area contributed by atoms with Crippen LogP contribution >= 0.6 is 0 Å². The van der Waals surface area contributed by atoms with Crippen molar-refractivity contribution in [2.24, 2.45) is 11.3 Å². The quantitative estimate of drug-likeness (QED) is 0.804. The summed E-state index contributed by atoms with van der Waals surface area (Å²) in [6.45, 7) is 4.89. The Labute approximate surface area is 114 Å². The average molecular weight is 268 g/mol. The van der Waals surface area contributed by atoms with Gasteiger partial charge in [0.1, 0.15) is 0 Å². The number of hydrogen-bond donors (Lipinski definition) is 2. The molecule has 2 aliphatic heterocycles. The third kappa shape index (κ3) is 2.91. The van der Waals surface area contributed by atoms with Crippen LogP contribution in [0.3, 0.4) is 0 Å². The van der Waals surface area contributed by atoms with Gasteiger partial charge in [-0.15, -0.1) is 0 Å². The lowest BCUT2D eigenvalue weighted by Gasteiger charge is -2.40. The highest BCUT2D eigenvalue weighted by molar-refractivity contribution is 5.80. The van der Waals surface area contributed by atoms with Crippen LogP contribution < -0.4 is 5.32 Å². The third-order valence-electron chi connectivity index (χ3n) is 4.81. The molecule has 19 heavy (non-hydrogen) atoms. The summed E-state index contributed by atoms with van der Waals surface area (Å²) >= 11 is 0. The highest BCUT2D eigenvalue weighted by Gasteiger charge is 2.41. The third-order valence-corrected chi connectivity index (χ3v) is 4.81. The summed E-state index contributed by atoms with van der Waals surface area (Å²) in [5, 5.41) is 12.6. The van der Waals surface area contributed by atoms with E-state index in [9.17, 15) is 14.7 Å². The van der Waals surface area contributed by atoms with Crippen LogP contribution in [0.15, 0.2) is 0 Å². The van der Waals surface area contributed by atoms with Crippen LogP contribution in [0.4, 0.5) is 0 Å². The first kappa shape index (κ1) is 14.3. The highest BCUT2D eigenvalue weighted by Crippen LogP contribution is 2.35. The summed E-state index contributed by atoms with van der Waals surface area (Å²) in [6.07, 6.45) is 3.84. The number of amides is 1. The number of hydrogen-bond acceptors (Lipinski definition) is 3. The SMILES string of the molecule is CCC1(C(=O)O)CCN(C(=O)[C@H]2CCCNC2)CC1. The molecule has 108 valence electrons. The van der Waals surface area contributed by atoms with Gasteiger partial charge in [0.2, 0.25) is 5.91 Å². The Morgan fingerprint density at radius 3 is 2.53 bits per heavy atom. The van der Waals surface area contributed by atoms with Gasteiger partial charge < -0.3 is 15.3 Å². The van der Waals surface area contributed by atoms with E-state index in [1.165, 1.54) is 0 Å². The molecule has 2 fully saturated rings. The maximum atomic E-state index is 12.4. The minimum absolute atomic E-state index is 0.0905. The van der Waals surface area contributed by atoms with Crippen molar-refractivity contribution in [3.05, 3.63) is 0 Å². The lowest BCUT2D eigenvalue weighted by atomic mass is 9.76. The molecular weight excluding hydrogens is 244 g/mol. The Morgan fingerprint density at radius 2 is 2.05 bits per heavy atom. The average Bonchev–Trinajstić information content (AvgIpc) is 2.47. The maximum Gasteiger partial charge on any atom is 0.309 e. The Kier molecular flexibility index (Phi) is 4.45. The largest absolute Gasteiger partial charge is 0.481 e. The molecule has 0 saturated carbocycles. The second kappa shape index (κ2) is 5.90. The van der Waals surface area contributed by atoms with E-state index < -0.39 is 11.4 Å². The van der Waals surface area contributed by atoms with E-state index in [-0.39, 0.29) is 11.8 Å². The van der Waals surface area contributed by atoms with Crippen molar-refractivity contribution in [1.29, 1.82) is 0 Å². The van der Waals surface area contributed by atoms with E-state index in [0.29, 0.717) is 32.4 Å². The van der Waals surface area contributed by atoms with Crippen molar-refractivity contribution in [3.8, 4) is 0 Å². The molecule has 2 aliphatic rings. The number of aliphatic carboxylic acids is 1. The van der Waals surface area contributed by atoms with Crippen molar-refractivity contribution in [1.82, 2.24) is 10.2 Å². The zero-order valence-electron chi connectivity index (χ0n) is 11.7. The molecule has 0 unspecified atom stereocenters. The van der Waals surface area contributed by atoms with Gasteiger partial charge in [0.15, 0.2) is 0 Å². The number of carboxylic acid groups (broad SMARTS) is 1. The van der Waals surface area contributed by atoms with Gasteiger partial charge in [-0.2, -0.15) is 0 Å². The van der Waals surface area contributed by atoms with E-state index in [4.69, 9.17) is 0 Å². The molecule has 0 aromatic rings. The van der Waals surface area contributed by atoms with Crippen LogP contribution in [0.2, 0.25) is 0 Å². The topological polar surface area (TPSA) is 69.6 Å². The summed E-state index contributed by atoms with van der Waals surface area (Å²) < 4.78 is 0. The van der Waals surface area contributed by atoms with Crippen LogP contribution in [-0.2, 0) is 9.59 Å². The lowest BCUT2D eigenvalue weighted by molar-refractivity contribution is -0.155. The summed E-state index contributed by atoms with van der Waals surface area (Å²) in [7, 11) is 0. The Bertz CT molecular complexity index is 343. The molecular formula is C14H24N2O3. The Morgan fingerprint density at radius 1 is 1.37 bits per heavy atom. The number of carboxylic acids is 1. The number of carbonyl (C=O) groups is 2. The summed E-state index contributed by atoms with van der Waals surface area (Å²) in [5.74, 6) is -0.406. The first-order chi connectivity index (χ1) is 9.09. The van der Waals surface area contributed by atoms with E-state index in [1.807, 2.05) is 11.8 Å². The molecule has 5 heteroatoms. The molecule has 0 bridgehead atoms. The predicted octanol–water partition coefficient (Wildman–Crippen LogP) is 1.09. The maximum absolute atomic E-state index is 12.4. The van der Waals surface area contributed by atoms with Crippen LogP contribution in [0.5, 0.6) is 0 Å². The zero-order chi connectivity index (χ0) is 13.9. The standard InChI is InChI=1S/C14H24N2O3/c1-2-14(13(18)19)5-8-16(9-6-14)12(17)11-4-3-7-15-10-11/h11,15H,2-10H2,1H3,(H,18,19)/t11-/m0/s1. The number of rotatable bonds is 3. The van der Waals surface area contributed by atoms with Gasteiger partial charge in [-0.05, 0) is 38.6 Å². The molecule has 2 heterocycles.